The van der Waals surface area contributed by atoms with Crippen molar-refractivity contribution in [1.29, 1.82) is 0 Å². The molecule has 1 aliphatic rings. The maximum atomic E-state index is 4.79. The van der Waals surface area contributed by atoms with Gasteiger partial charge in [0.05, 0.1) is 0 Å². The van der Waals surface area contributed by atoms with Gasteiger partial charge < -0.3 is 21.3 Å². The first-order chi connectivity index (χ1) is 9.20. The molecule has 0 N–H and O–H groups in total. The smallest absolute Gasteiger partial charge is 0 e. The van der Waals surface area contributed by atoms with E-state index in [9.17, 15) is 0 Å². The van der Waals surface area contributed by atoms with Crippen molar-refractivity contribution in [2.45, 2.75) is 77.5 Å². The maximum Gasteiger partial charge on any atom is 0 e. The van der Waals surface area contributed by atoms with E-state index in [-0.39, 0.29) is 28.1 Å². The SMILES string of the molecule is C[C@H]1CC(C)(C)[N-]CC[N-][C@@H](C)CC(C)(C)[N-]CC[N-]1.[Cu]. The van der Waals surface area contributed by atoms with Crippen molar-refractivity contribution in [2.24, 2.45) is 0 Å². The molecule has 131 valence electrons. The molecular weight excluding hydrogens is 312 g/mol. The van der Waals surface area contributed by atoms with E-state index >= 15 is 0 Å². The molecule has 0 bridgehead atoms. The summed E-state index contributed by atoms with van der Waals surface area (Å²) < 4.78 is 0. The Labute approximate surface area is 142 Å². The van der Waals surface area contributed by atoms with Crippen LogP contribution in [0.25, 0.3) is 21.3 Å². The fourth-order valence-corrected chi connectivity index (χ4v) is 2.97. The molecule has 0 aromatic rings. The van der Waals surface area contributed by atoms with Gasteiger partial charge in [0.2, 0.25) is 0 Å². The van der Waals surface area contributed by atoms with Gasteiger partial charge in [-0.2, -0.15) is 26.2 Å². The van der Waals surface area contributed by atoms with Crippen LogP contribution in [-0.2, 0) is 17.1 Å². The number of hydrogen-bond acceptors (Lipinski definition) is 0. The third kappa shape index (κ3) is 9.88. The van der Waals surface area contributed by atoms with Gasteiger partial charge in [-0.25, -0.2) is 0 Å². The summed E-state index contributed by atoms with van der Waals surface area (Å²) in [6, 6.07) is 0.705. The minimum Gasteiger partial charge on any atom is -0.661 e. The van der Waals surface area contributed by atoms with Gasteiger partial charge in [-0.1, -0.05) is 54.4 Å². The van der Waals surface area contributed by atoms with Crippen molar-refractivity contribution in [3.8, 4) is 0 Å². The molecule has 0 spiro atoms. The first-order valence-electron chi connectivity index (χ1n) is 7.91. The average Bonchev–Trinajstić information content (AvgIpc) is 2.28. The molecule has 0 aromatic heterocycles. The van der Waals surface area contributed by atoms with Crippen molar-refractivity contribution >= 4 is 0 Å². The molecule has 4 nitrogen and oxygen atoms in total. The summed E-state index contributed by atoms with van der Waals surface area (Å²) in [5.41, 5.74) is 0.00438. The van der Waals surface area contributed by atoms with Crippen LogP contribution in [-0.4, -0.2) is 49.3 Å². The predicted octanol–water partition coefficient (Wildman–Crippen LogP) is 4.61. The minimum atomic E-state index is 0. The van der Waals surface area contributed by atoms with Gasteiger partial charge in [-0.15, -0.1) is 23.2 Å². The van der Waals surface area contributed by atoms with Crippen LogP contribution >= 0.6 is 0 Å². The Bertz CT molecular complexity index is 253. The Morgan fingerprint density at radius 1 is 0.667 bits per heavy atom. The zero-order chi connectivity index (χ0) is 15.2. The molecule has 0 amide bonds. The van der Waals surface area contributed by atoms with Crippen LogP contribution in [0.1, 0.15) is 54.4 Å². The van der Waals surface area contributed by atoms with Gasteiger partial charge >= 0.3 is 0 Å². The average molecular weight is 344 g/mol. The topological polar surface area (TPSA) is 56.4 Å². The van der Waals surface area contributed by atoms with E-state index in [1.54, 1.807) is 0 Å². The summed E-state index contributed by atoms with van der Waals surface area (Å²) in [6.45, 7) is 16.4. The van der Waals surface area contributed by atoms with Gasteiger partial charge in [-0.3, -0.25) is 0 Å². The molecule has 0 unspecified atom stereocenters. The summed E-state index contributed by atoms with van der Waals surface area (Å²) in [4.78, 5) is 0. The Hall–Kier alpha value is 0.359. The van der Waals surface area contributed by atoms with E-state index in [1.807, 2.05) is 0 Å². The van der Waals surface area contributed by atoms with Crippen LogP contribution < -0.4 is 0 Å². The van der Waals surface area contributed by atoms with Crippen LogP contribution in [0.4, 0.5) is 0 Å². The quantitative estimate of drug-likeness (QED) is 0.577. The van der Waals surface area contributed by atoms with Gasteiger partial charge in [0, 0.05) is 17.1 Å². The largest absolute Gasteiger partial charge is 0.661 e. The molecule has 5 heteroatoms. The first-order valence-corrected chi connectivity index (χ1v) is 7.91. The van der Waals surface area contributed by atoms with Crippen LogP contribution in [0.3, 0.4) is 0 Å². The van der Waals surface area contributed by atoms with Crippen molar-refractivity contribution in [3.63, 3.8) is 0 Å². The molecule has 1 aliphatic heterocycles. The second-order valence-corrected chi connectivity index (χ2v) is 7.31. The predicted molar refractivity (Wildman–Crippen MR) is 89.2 cm³/mol. The van der Waals surface area contributed by atoms with Crippen LogP contribution in [0.15, 0.2) is 0 Å². The Kier molecular flexibility index (Phi) is 9.65. The van der Waals surface area contributed by atoms with E-state index in [1.165, 1.54) is 0 Å². The minimum absolute atomic E-state index is 0. The van der Waals surface area contributed by atoms with E-state index in [2.05, 4.69) is 41.5 Å². The molecule has 1 fully saturated rings. The zero-order valence-electron chi connectivity index (χ0n) is 14.5. The molecule has 0 saturated carbocycles. The fourth-order valence-electron chi connectivity index (χ4n) is 2.97. The molecular formula is C16H32CuN4-4. The second kappa shape index (κ2) is 9.49. The number of rotatable bonds is 0. The van der Waals surface area contributed by atoms with Gasteiger partial charge in [0.1, 0.15) is 0 Å². The van der Waals surface area contributed by atoms with E-state index < -0.39 is 0 Å². The Balaban J connectivity index is 0.00000400. The van der Waals surface area contributed by atoms with Crippen LogP contribution in [0.5, 0.6) is 0 Å². The Morgan fingerprint density at radius 2 is 1.00 bits per heavy atom. The van der Waals surface area contributed by atoms with Crippen LogP contribution in [0, 0.1) is 0 Å². The number of hydrogen-bond donors (Lipinski definition) is 0. The zero-order valence-corrected chi connectivity index (χ0v) is 15.4. The second-order valence-electron chi connectivity index (χ2n) is 7.31. The molecule has 21 heavy (non-hydrogen) atoms. The van der Waals surface area contributed by atoms with Crippen molar-refractivity contribution in [1.82, 2.24) is 0 Å². The summed E-state index contributed by atoms with van der Waals surface area (Å²) in [6.07, 6.45) is 2.01. The first kappa shape index (κ1) is 21.4. The Morgan fingerprint density at radius 3 is 1.33 bits per heavy atom. The van der Waals surface area contributed by atoms with Crippen LogP contribution in [0.2, 0.25) is 0 Å². The monoisotopic (exact) mass is 343 g/mol. The summed E-state index contributed by atoms with van der Waals surface area (Å²) in [7, 11) is 0. The van der Waals surface area contributed by atoms with Gasteiger partial charge in [0.25, 0.3) is 0 Å². The molecule has 1 heterocycles. The molecule has 0 aromatic carbocycles. The summed E-state index contributed by atoms with van der Waals surface area (Å²) >= 11 is 0. The maximum absolute atomic E-state index is 4.79. The molecule has 0 aliphatic carbocycles. The standard InChI is InChI=1S/C16H32N4.Cu/c1-13-11-15(3,4)19-10-8-18-14(2)12-16(5,6)20-9-7-17-13;/h13-14H,7-12H2,1-6H3;/q-4;/t13-,14-;/m0./s1. The summed E-state index contributed by atoms with van der Waals surface area (Å²) in [5.74, 6) is 0. The third-order valence-electron chi connectivity index (χ3n) is 3.75. The third-order valence-corrected chi connectivity index (χ3v) is 3.75. The normalized spacial score (nSPS) is 31.7. The molecule has 1 saturated heterocycles. The molecule has 1 radical (unpaired) electrons. The van der Waals surface area contributed by atoms with E-state index in [0.717, 1.165) is 39.0 Å². The van der Waals surface area contributed by atoms with Gasteiger partial charge in [-0.05, 0) is 0 Å². The van der Waals surface area contributed by atoms with Crippen molar-refractivity contribution in [2.75, 3.05) is 26.2 Å². The van der Waals surface area contributed by atoms with E-state index in [4.69, 9.17) is 21.3 Å². The molecule has 2 atom stereocenters. The van der Waals surface area contributed by atoms with Crippen molar-refractivity contribution in [3.05, 3.63) is 21.3 Å². The fraction of sp³-hybridized carbons (Fsp3) is 1.00. The van der Waals surface area contributed by atoms with E-state index in [0.29, 0.717) is 12.1 Å². The van der Waals surface area contributed by atoms with Gasteiger partial charge in [0.15, 0.2) is 0 Å². The molecule has 1 rings (SSSR count). The summed E-state index contributed by atoms with van der Waals surface area (Å²) in [5, 5.41) is 19.0. The van der Waals surface area contributed by atoms with Crippen molar-refractivity contribution < 1.29 is 17.1 Å². The number of nitrogens with zero attached hydrogens (tertiary/aromatic N) is 4.